The summed E-state index contributed by atoms with van der Waals surface area (Å²) in [4.78, 5) is 12.4. The number of nitrogens with zero attached hydrogens (tertiary/aromatic N) is 2. The Morgan fingerprint density at radius 3 is 2.44 bits per heavy atom. The Balaban J connectivity index is 1.38. The van der Waals surface area contributed by atoms with Gasteiger partial charge in [0.1, 0.15) is 12.4 Å². The third-order valence-electron chi connectivity index (χ3n) is 4.73. The van der Waals surface area contributed by atoms with Gasteiger partial charge in [-0.25, -0.2) is 13.2 Å². The minimum atomic E-state index is -2.29. The molecule has 0 atom stereocenters. The van der Waals surface area contributed by atoms with Crippen LogP contribution in [0.1, 0.15) is 27.4 Å². The molecule has 0 fully saturated rings. The lowest BCUT2D eigenvalue weighted by Crippen LogP contribution is -2.10. The molecule has 11 heteroatoms. The second kappa shape index (κ2) is 9.38. The molecule has 2 aromatic heterocycles. The summed E-state index contributed by atoms with van der Waals surface area (Å²) in [6.45, 7) is 1.79. The van der Waals surface area contributed by atoms with Gasteiger partial charge in [-0.2, -0.15) is 13.9 Å². The van der Waals surface area contributed by atoms with Gasteiger partial charge in [-0.3, -0.25) is 9.48 Å². The zero-order valence-corrected chi connectivity index (χ0v) is 17.5. The number of nitrogens with one attached hydrogen (secondary N) is 1. The highest BCUT2D eigenvalue weighted by molar-refractivity contribution is 6.02. The molecule has 0 saturated carbocycles. The van der Waals surface area contributed by atoms with Crippen LogP contribution < -0.4 is 10.1 Å². The van der Waals surface area contributed by atoms with Crippen LogP contribution in [0.15, 0.2) is 53.2 Å². The van der Waals surface area contributed by atoms with E-state index in [1.807, 2.05) is 31.2 Å². The Bertz CT molecular complexity index is 1340. The van der Waals surface area contributed by atoms with Gasteiger partial charge in [0.2, 0.25) is 29.1 Å². The molecular weight excluding hydrogens is 461 g/mol. The number of rotatable bonds is 7. The summed E-state index contributed by atoms with van der Waals surface area (Å²) < 4.78 is 78.6. The van der Waals surface area contributed by atoms with E-state index in [0.29, 0.717) is 12.2 Å². The van der Waals surface area contributed by atoms with Crippen LogP contribution in [0.25, 0.3) is 0 Å². The van der Waals surface area contributed by atoms with E-state index < -0.39 is 47.3 Å². The lowest BCUT2D eigenvalue weighted by molar-refractivity contribution is 0.0992. The summed E-state index contributed by atoms with van der Waals surface area (Å²) in [6, 6.07) is 10.4. The Morgan fingerprint density at radius 1 is 1.03 bits per heavy atom. The van der Waals surface area contributed by atoms with Crippen LogP contribution in [0.2, 0.25) is 0 Å². The molecule has 0 bridgehead atoms. The monoisotopic (exact) mass is 477 g/mol. The molecule has 1 N–H and O–H groups in total. The van der Waals surface area contributed by atoms with Crippen molar-refractivity contribution in [2.75, 3.05) is 5.32 Å². The molecule has 4 rings (SSSR count). The van der Waals surface area contributed by atoms with Crippen molar-refractivity contribution in [1.82, 2.24) is 9.78 Å². The average Bonchev–Trinajstić information content (AvgIpc) is 3.46. The average molecular weight is 477 g/mol. The number of furan rings is 1. The van der Waals surface area contributed by atoms with Crippen molar-refractivity contribution in [1.29, 1.82) is 0 Å². The number of hydrogen-bond donors (Lipinski definition) is 1. The molecule has 0 saturated heterocycles. The number of anilines is 1. The Hall–Kier alpha value is -4.15. The zero-order chi connectivity index (χ0) is 24.4. The minimum absolute atomic E-state index is 0.0794. The van der Waals surface area contributed by atoms with E-state index in [-0.39, 0.29) is 11.5 Å². The Labute approximate surface area is 189 Å². The summed E-state index contributed by atoms with van der Waals surface area (Å²) in [6.07, 6.45) is 3.07. The van der Waals surface area contributed by atoms with Gasteiger partial charge in [-0.15, -0.1) is 0 Å². The van der Waals surface area contributed by atoms with Gasteiger partial charge in [0.25, 0.3) is 5.91 Å². The van der Waals surface area contributed by atoms with Crippen molar-refractivity contribution in [3.05, 3.63) is 101 Å². The summed E-state index contributed by atoms with van der Waals surface area (Å²) in [5, 5.41) is 6.77. The number of hydrogen-bond acceptors (Lipinski definition) is 4. The molecular formula is C23H16F5N3O3. The SMILES string of the molecule is Cc1cccc(Cn2cc(NC(=O)c3ccc(COc4c(F)c(F)c(F)c(F)c4F)o3)cn2)c1. The van der Waals surface area contributed by atoms with Crippen LogP contribution in [0, 0.1) is 36.0 Å². The number of carbonyl (C=O) groups excluding carboxylic acids is 1. The summed E-state index contributed by atoms with van der Waals surface area (Å²) in [5.74, 6) is -13.1. The molecule has 34 heavy (non-hydrogen) atoms. The predicted molar refractivity (Wildman–Crippen MR) is 110 cm³/mol. The molecule has 0 aliphatic heterocycles. The van der Waals surface area contributed by atoms with E-state index in [0.717, 1.165) is 11.1 Å². The van der Waals surface area contributed by atoms with E-state index in [9.17, 15) is 26.7 Å². The highest BCUT2D eigenvalue weighted by atomic mass is 19.2. The first-order valence-electron chi connectivity index (χ1n) is 9.85. The molecule has 2 heterocycles. The number of amides is 1. The number of ether oxygens (including phenoxy) is 1. The number of benzene rings is 2. The maximum atomic E-state index is 13.7. The molecule has 0 spiro atoms. The maximum absolute atomic E-state index is 13.7. The number of halogens is 5. The number of carbonyl (C=O) groups is 1. The fraction of sp³-hybridized carbons (Fsp3) is 0.130. The highest BCUT2D eigenvalue weighted by Crippen LogP contribution is 2.30. The van der Waals surface area contributed by atoms with E-state index in [1.54, 1.807) is 10.9 Å². The molecule has 1 amide bonds. The molecule has 6 nitrogen and oxygen atoms in total. The molecule has 176 valence electrons. The third kappa shape index (κ3) is 4.77. The molecule has 0 radical (unpaired) electrons. The normalized spacial score (nSPS) is 11.0. The van der Waals surface area contributed by atoms with Crippen molar-refractivity contribution in [2.45, 2.75) is 20.1 Å². The fourth-order valence-electron chi connectivity index (χ4n) is 3.14. The maximum Gasteiger partial charge on any atom is 0.291 e. The Morgan fingerprint density at radius 2 is 1.74 bits per heavy atom. The number of aromatic nitrogens is 2. The number of aryl methyl sites for hydroxylation is 1. The van der Waals surface area contributed by atoms with E-state index in [1.165, 1.54) is 18.3 Å². The first kappa shape index (κ1) is 23.0. The van der Waals surface area contributed by atoms with Gasteiger partial charge in [0.15, 0.2) is 11.5 Å². The summed E-state index contributed by atoms with van der Waals surface area (Å²) in [5.41, 5.74) is 2.54. The lowest BCUT2D eigenvalue weighted by Gasteiger charge is -2.09. The van der Waals surface area contributed by atoms with Crippen LogP contribution in [0.4, 0.5) is 27.6 Å². The van der Waals surface area contributed by atoms with Crippen molar-refractivity contribution in [3.63, 3.8) is 0 Å². The summed E-state index contributed by atoms with van der Waals surface area (Å²) in [7, 11) is 0. The van der Waals surface area contributed by atoms with Gasteiger partial charge in [0, 0.05) is 6.20 Å². The zero-order valence-electron chi connectivity index (χ0n) is 17.5. The molecule has 4 aromatic rings. The van der Waals surface area contributed by atoms with Crippen LogP contribution in [-0.2, 0) is 13.2 Å². The van der Waals surface area contributed by atoms with Gasteiger partial charge >= 0.3 is 0 Å². The predicted octanol–water partition coefficient (Wildman–Crippen LogP) is 5.36. The van der Waals surface area contributed by atoms with Crippen LogP contribution in [0.5, 0.6) is 5.75 Å². The second-order valence-electron chi connectivity index (χ2n) is 7.32. The quantitative estimate of drug-likeness (QED) is 0.221. The van der Waals surface area contributed by atoms with Gasteiger partial charge in [0.05, 0.1) is 18.4 Å². The van der Waals surface area contributed by atoms with Crippen LogP contribution in [0.3, 0.4) is 0 Å². The first-order chi connectivity index (χ1) is 16.2. The van der Waals surface area contributed by atoms with Crippen molar-refractivity contribution in [3.8, 4) is 5.75 Å². The standard InChI is InChI=1S/C23H16F5N3O3/c1-12-3-2-4-13(7-12)9-31-10-14(8-29-31)30-23(32)16-6-5-15(34-16)11-33-22-20(27)18(25)17(24)19(26)21(22)28/h2-8,10H,9,11H2,1H3,(H,30,32). The third-order valence-corrected chi connectivity index (χ3v) is 4.73. The van der Waals surface area contributed by atoms with E-state index >= 15 is 0 Å². The van der Waals surface area contributed by atoms with Gasteiger partial charge in [-0.1, -0.05) is 29.8 Å². The van der Waals surface area contributed by atoms with E-state index in [2.05, 4.69) is 10.4 Å². The topological polar surface area (TPSA) is 69.3 Å². The van der Waals surface area contributed by atoms with E-state index in [4.69, 9.17) is 9.15 Å². The smallest absolute Gasteiger partial charge is 0.291 e. The second-order valence-corrected chi connectivity index (χ2v) is 7.32. The minimum Gasteiger partial charge on any atom is -0.479 e. The molecule has 2 aromatic carbocycles. The van der Waals surface area contributed by atoms with Crippen LogP contribution >= 0.6 is 0 Å². The van der Waals surface area contributed by atoms with Crippen molar-refractivity contribution < 1.29 is 35.9 Å². The lowest BCUT2D eigenvalue weighted by atomic mass is 10.1. The largest absolute Gasteiger partial charge is 0.479 e. The van der Waals surface area contributed by atoms with Crippen LogP contribution in [-0.4, -0.2) is 15.7 Å². The molecule has 0 aliphatic carbocycles. The fourth-order valence-corrected chi connectivity index (χ4v) is 3.14. The first-order valence-corrected chi connectivity index (χ1v) is 9.85. The van der Waals surface area contributed by atoms with Gasteiger partial charge < -0.3 is 14.5 Å². The summed E-state index contributed by atoms with van der Waals surface area (Å²) >= 11 is 0. The van der Waals surface area contributed by atoms with Crippen molar-refractivity contribution >= 4 is 11.6 Å². The molecule has 0 unspecified atom stereocenters. The Kier molecular flexibility index (Phi) is 6.35. The highest BCUT2D eigenvalue weighted by Gasteiger charge is 2.27. The van der Waals surface area contributed by atoms with Crippen molar-refractivity contribution in [2.24, 2.45) is 0 Å². The molecule has 0 aliphatic rings. The van der Waals surface area contributed by atoms with Gasteiger partial charge in [-0.05, 0) is 24.6 Å².